The SMILES string of the molecule is CCCNC(=O)[C@@H]1CCCN(c2nc(Cc3ccc(Cl)cc3)ns2)C1. The van der Waals surface area contributed by atoms with Crippen LogP contribution in [0.1, 0.15) is 37.6 Å². The Morgan fingerprint density at radius 2 is 2.20 bits per heavy atom. The Balaban J connectivity index is 1.61. The average molecular weight is 379 g/mol. The number of rotatable bonds is 6. The van der Waals surface area contributed by atoms with Gasteiger partial charge >= 0.3 is 0 Å². The molecule has 1 fully saturated rings. The maximum Gasteiger partial charge on any atom is 0.224 e. The summed E-state index contributed by atoms with van der Waals surface area (Å²) >= 11 is 7.34. The fraction of sp³-hybridized carbons (Fsp3) is 0.500. The summed E-state index contributed by atoms with van der Waals surface area (Å²) in [7, 11) is 0. The molecule has 1 N–H and O–H groups in total. The van der Waals surface area contributed by atoms with E-state index in [-0.39, 0.29) is 11.8 Å². The van der Waals surface area contributed by atoms with E-state index in [9.17, 15) is 4.79 Å². The monoisotopic (exact) mass is 378 g/mol. The highest BCUT2D eigenvalue weighted by Gasteiger charge is 2.27. The van der Waals surface area contributed by atoms with E-state index >= 15 is 0 Å². The second-order valence-electron chi connectivity index (χ2n) is 6.37. The highest BCUT2D eigenvalue weighted by Crippen LogP contribution is 2.25. The van der Waals surface area contributed by atoms with Crippen LogP contribution in [0.3, 0.4) is 0 Å². The van der Waals surface area contributed by atoms with Crippen LogP contribution in [0, 0.1) is 5.92 Å². The molecule has 134 valence electrons. The zero-order valence-electron chi connectivity index (χ0n) is 14.4. The molecule has 1 saturated heterocycles. The van der Waals surface area contributed by atoms with Crippen LogP contribution in [0.2, 0.25) is 5.02 Å². The predicted molar refractivity (Wildman–Crippen MR) is 102 cm³/mol. The molecule has 2 aromatic rings. The summed E-state index contributed by atoms with van der Waals surface area (Å²) in [4.78, 5) is 19.1. The van der Waals surface area contributed by atoms with Crippen molar-refractivity contribution in [1.82, 2.24) is 14.7 Å². The number of piperidine rings is 1. The fourth-order valence-corrected chi connectivity index (χ4v) is 3.83. The third-order valence-electron chi connectivity index (χ3n) is 4.34. The van der Waals surface area contributed by atoms with Gasteiger partial charge in [-0.15, -0.1) is 0 Å². The van der Waals surface area contributed by atoms with Crippen LogP contribution in [-0.4, -0.2) is 34.9 Å². The average Bonchev–Trinajstić information content (AvgIpc) is 3.10. The maximum atomic E-state index is 12.2. The number of aromatic nitrogens is 2. The molecule has 0 spiro atoms. The van der Waals surface area contributed by atoms with Gasteiger partial charge in [0.05, 0.1) is 5.92 Å². The number of halogens is 1. The first-order valence-electron chi connectivity index (χ1n) is 8.75. The van der Waals surface area contributed by atoms with E-state index in [1.165, 1.54) is 11.5 Å². The lowest BCUT2D eigenvalue weighted by Crippen LogP contribution is -2.43. The molecule has 5 nitrogen and oxygen atoms in total. The Morgan fingerprint density at radius 1 is 1.40 bits per heavy atom. The van der Waals surface area contributed by atoms with Crippen LogP contribution in [0.5, 0.6) is 0 Å². The molecule has 0 saturated carbocycles. The Kier molecular flexibility index (Phi) is 6.26. The lowest BCUT2D eigenvalue weighted by atomic mass is 9.97. The van der Waals surface area contributed by atoms with Crippen molar-refractivity contribution in [3.63, 3.8) is 0 Å². The van der Waals surface area contributed by atoms with E-state index in [4.69, 9.17) is 11.6 Å². The molecule has 1 atom stereocenters. The third-order valence-corrected chi connectivity index (χ3v) is 5.41. The number of anilines is 1. The minimum Gasteiger partial charge on any atom is -0.356 e. The zero-order valence-corrected chi connectivity index (χ0v) is 15.9. The standard InChI is InChI=1S/C18H23ClN4OS/c1-2-9-20-17(24)14-4-3-10-23(12-14)18-21-16(22-25-18)11-13-5-7-15(19)8-6-13/h5-8,14H,2-4,9-12H2,1H3,(H,20,24)/t14-/m1/s1. The van der Waals surface area contributed by atoms with Crippen LogP contribution in [0.15, 0.2) is 24.3 Å². The first kappa shape index (κ1) is 18.1. The number of benzene rings is 1. The summed E-state index contributed by atoms with van der Waals surface area (Å²) < 4.78 is 4.48. The summed E-state index contributed by atoms with van der Waals surface area (Å²) in [6.07, 6.45) is 3.62. The number of carbonyl (C=O) groups is 1. The predicted octanol–water partition coefficient (Wildman–Crippen LogP) is 3.52. The van der Waals surface area contributed by atoms with Crippen molar-refractivity contribution >= 4 is 34.2 Å². The second-order valence-corrected chi connectivity index (χ2v) is 7.54. The molecule has 1 aliphatic heterocycles. The summed E-state index contributed by atoms with van der Waals surface area (Å²) in [5, 5.41) is 4.65. The van der Waals surface area contributed by atoms with E-state index in [1.807, 2.05) is 24.3 Å². The van der Waals surface area contributed by atoms with Gasteiger partial charge in [-0.05, 0) is 37.0 Å². The molecule has 0 unspecified atom stereocenters. The molecule has 0 radical (unpaired) electrons. The normalized spacial score (nSPS) is 17.5. The van der Waals surface area contributed by atoms with Gasteiger partial charge in [0.25, 0.3) is 0 Å². The minimum absolute atomic E-state index is 0.0453. The lowest BCUT2D eigenvalue weighted by Gasteiger charge is -2.31. The van der Waals surface area contributed by atoms with Gasteiger partial charge in [0.1, 0.15) is 5.82 Å². The molecule has 1 amide bonds. The number of carbonyl (C=O) groups excluding carboxylic acids is 1. The van der Waals surface area contributed by atoms with E-state index in [1.54, 1.807) is 0 Å². The van der Waals surface area contributed by atoms with Crippen molar-refractivity contribution in [2.24, 2.45) is 5.92 Å². The Labute approximate surface area is 157 Å². The molecule has 7 heteroatoms. The van der Waals surface area contributed by atoms with Crippen molar-refractivity contribution in [2.45, 2.75) is 32.6 Å². The fourth-order valence-electron chi connectivity index (χ4n) is 2.99. The minimum atomic E-state index is 0.0453. The Bertz CT molecular complexity index is 703. The molecule has 25 heavy (non-hydrogen) atoms. The maximum absolute atomic E-state index is 12.2. The first-order chi connectivity index (χ1) is 12.2. The largest absolute Gasteiger partial charge is 0.356 e. The number of amides is 1. The van der Waals surface area contributed by atoms with E-state index in [2.05, 4.69) is 26.5 Å². The van der Waals surface area contributed by atoms with Crippen molar-refractivity contribution in [3.8, 4) is 0 Å². The zero-order chi connectivity index (χ0) is 17.6. The van der Waals surface area contributed by atoms with Crippen LogP contribution in [0.4, 0.5) is 5.13 Å². The third kappa shape index (κ3) is 4.92. The highest BCUT2D eigenvalue weighted by molar-refractivity contribution is 7.09. The number of nitrogens with one attached hydrogen (secondary N) is 1. The molecule has 2 heterocycles. The molecule has 0 bridgehead atoms. The van der Waals surface area contributed by atoms with Crippen LogP contribution >= 0.6 is 23.1 Å². The van der Waals surface area contributed by atoms with Gasteiger partial charge in [-0.1, -0.05) is 30.7 Å². The van der Waals surface area contributed by atoms with Gasteiger partial charge in [0, 0.05) is 42.6 Å². The lowest BCUT2D eigenvalue weighted by molar-refractivity contribution is -0.125. The molecular weight excluding hydrogens is 356 g/mol. The molecule has 1 aromatic heterocycles. The summed E-state index contributed by atoms with van der Waals surface area (Å²) in [6, 6.07) is 7.76. The Hall–Kier alpha value is -1.66. The van der Waals surface area contributed by atoms with Crippen molar-refractivity contribution in [1.29, 1.82) is 0 Å². The topological polar surface area (TPSA) is 58.1 Å². The van der Waals surface area contributed by atoms with E-state index in [0.717, 1.165) is 60.4 Å². The highest BCUT2D eigenvalue weighted by atomic mass is 35.5. The second kappa shape index (κ2) is 8.63. The number of nitrogens with zero attached hydrogens (tertiary/aromatic N) is 3. The van der Waals surface area contributed by atoms with Crippen LogP contribution < -0.4 is 10.2 Å². The van der Waals surface area contributed by atoms with Crippen LogP contribution in [-0.2, 0) is 11.2 Å². The summed E-state index contributed by atoms with van der Waals surface area (Å²) in [5.41, 5.74) is 1.14. The summed E-state index contributed by atoms with van der Waals surface area (Å²) in [6.45, 7) is 4.48. The van der Waals surface area contributed by atoms with E-state index < -0.39 is 0 Å². The van der Waals surface area contributed by atoms with Gasteiger partial charge < -0.3 is 10.2 Å². The van der Waals surface area contributed by atoms with Crippen LogP contribution in [0.25, 0.3) is 0 Å². The van der Waals surface area contributed by atoms with Crippen molar-refractivity contribution in [2.75, 3.05) is 24.5 Å². The number of hydrogen-bond acceptors (Lipinski definition) is 5. The van der Waals surface area contributed by atoms with Gasteiger partial charge in [0.15, 0.2) is 0 Å². The van der Waals surface area contributed by atoms with Gasteiger partial charge in [-0.25, -0.2) is 4.98 Å². The van der Waals surface area contributed by atoms with E-state index in [0.29, 0.717) is 6.42 Å². The molecule has 1 aliphatic rings. The molecule has 0 aliphatic carbocycles. The molecule has 1 aromatic carbocycles. The van der Waals surface area contributed by atoms with Crippen molar-refractivity contribution < 1.29 is 4.79 Å². The molecule has 3 rings (SSSR count). The smallest absolute Gasteiger partial charge is 0.224 e. The molecular formula is C18H23ClN4OS. The Morgan fingerprint density at radius 3 is 2.96 bits per heavy atom. The van der Waals surface area contributed by atoms with Gasteiger partial charge in [0.2, 0.25) is 11.0 Å². The number of hydrogen-bond donors (Lipinski definition) is 1. The van der Waals surface area contributed by atoms with Gasteiger partial charge in [-0.3, -0.25) is 4.79 Å². The summed E-state index contributed by atoms with van der Waals surface area (Å²) in [5.74, 6) is 1.03. The quantitative estimate of drug-likeness (QED) is 0.835. The van der Waals surface area contributed by atoms with Gasteiger partial charge in [-0.2, -0.15) is 4.37 Å². The first-order valence-corrected chi connectivity index (χ1v) is 9.90. The van der Waals surface area contributed by atoms with Crippen molar-refractivity contribution in [3.05, 3.63) is 40.7 Å².